The van der Waals surface area contributed by atoms with Crippen molar-refractivity contribution in [3.8, 4) is 16.8 Å². The first-order valence-corrected chi connectivity index (χ1v) is 11.8. The Morgan fingerprint density at radius 2 is 1.67 bits per heavy atom. The molecule has 0 fully saturated rings. The fourth-order valence-corrected chi connectivity index (χ4v) is 6.72. The van der Waals surface area contributed by atoms with E-state index in [1.165, 1.54) is 47.4 Å². The molecule has 0 saturated heterocycles. The van der Waals surface area contributed by atoms with Gasteiger partial charge in [-0.1, -0.05) is 54.6 Å². The van der Waals surface area contributed by atoms with Crippen molar-refractivity contribution in [2.75, 3.05) is 0 Å². The maximum absolute atomic E-state index is 4.88. The van der Waals surface area contributed by atoms with Gasteiger partial charge in [0.1, 0.15) is 5.82 Å². The van der Waals surface area contributed by atoms with Gasteiger partial charge in [0.05, 0.1) is 22.5 Å². The van der Waals surface area contributed by atoms with E-state index in [1.54, 1.807) is 0 Å². The number of hydrogen-bond donors (Lipinski definition) is 0. The molecule has 2 nitrogen and oxygen atoms in total. The summed E-state index contributed by atoms with van der Waals surface area (Å²) in [7, 11) is 0. The van der Waals surface area contributed by atoms with E-state index in [1.807, 2.05) is 23.1 Å². The molecule has 30 heavy (non-hydrogen) atoms. The number of thioether (sulfide) groups is 1. The zero-order valence-corrected chi connectivity index (χ0v) is 17.6. The second-order valence-corrected chi connectivity index (χ2v) is 9.67. The average Bonchev–Trinajstić information content (AvgIpc) is 3.37. The van der Waals surface area contributed by atoms with Crippen molar-refractivity contribution in [1.29, 1.82) is 0 Å². The number of thiophene rings is 1. The first kappa shape index (κ1) is 16.7. The van der Waals surface area contributed by atoms with E-state index in [9.17, 15) is 0 Å². The van der Waals surface area contributed by atoms with Crippen molar-refractivity contribution >= 4 is 54.3 Å². The van der Waals surface area contributed by atoms with Crippen LogP contribution < -0.4 is 0 Å². The van der Waals surface area contributed by atoms with Crippen molar-refractivity contribution < 1.29 is 0 Å². The molecule has 0 atom stereocenters. The van der Waals surface area contributed by atoms with E-state index in [-0.39, 0.29) is 0 Å². The quantitative estimate of drug-likeness (QED) is 0.272. The third kappa shape index (κ3) is 2.29. The van der Waals surface area contributed by atoms with Gasteiger partial charge in [0, 0.05) is 25.1 Å². The molecule has 0 unspecified atom stereocenters. The Balaban J connectivity index is 1.50. The molecule has 0 saturated carbocycles. The van der Waals surface area contributed by atoms with Crippen LogP contribution in [0.1, 0.15) is 5.82 Å². The number of para-hydroxylation sites is 2. The summed E-state index contributed by atoms with van der Waals surface area (Å²) >= 11 is 3.76. The molecule has 3 heterocycles. The van der Waals surface area contributed by atoms with Crippen molar-refractivity contribution in [3.05, 3.63) is 90.8 Å². The fraction of sp³-hybridized carbons (Fsp3) is 0.0385. The Kier molecular flexibility index (Phi) is 3.45. The Morgan fingerprint density at radius 3 is 2.67 bits per heavy atom. The lowest BCUT2D eigenvalue weighted by Gasteiger charge is -2.20. The minimum Gasteiger partial charge on any atom is -0.294 e. The van der Waals surface area contributed by atoms with E-state index in [4.69, 9.17) is 4.98 Å². The molecule has 0 amide bonds. The van der Waals surface area contributed by atoms with Crippen LogP contribution in [0.5, 0.6) is 0 Å². The minimum absolute atomic E-state index is 0.910. The minimum atomic E-state index is 0.910. The highest BCUT2D eigenvalue weighted by atomic mass is 32.2. The first-order chi connectivity index (χ1) is 14.9. The summed E-state index contributed by atoms with van der Waals surface area (Å²) < 4.78 is 5.05. The van der Waals surface area contributed by atoms with Gasteiger partial charge in [-0.05, 0) is 41.5 Å². The second-order valence-electron chi connectivity index (χ2n) is 7.60. The Morgan fingerprint density at radius 1 is 0.800 bits per heavy atom. The van der Waals surface area contributed by atoms with Gasteiger partial charge in [0.15, 0.2) is 0 Å². The normalized spacial score (nSPS) is 13.1. The lowest BCUT2D eigenvalue weighted by atomic mass is 10.0. The highest BCUT2D eigenvalue weighted by Crippen LogP contribution is 2.43. The van der Waals surface area contributed by atoms with E-state index in [0.717, 1.165) is 17.1 Å². The second kappa shape index (κ2) is 6.21. The van der Waals surface area contributed by atoms with Gasteiger partial charge in [0.25, 0.3) is 0 Å². The van der Waals surface area contributed by atoms with Crippen LogP contribution in [0.4, 0.5) is 0 Å². The topological polar surface area (TPSA) is 17.8 Å². The van der Waals surface area contributed by atoms with Crippen LogP contribution in [0.15, 0.2) is 89.8 Å². The summed E-state index contributed by atoms with van der Waals surface area (Å²) in [4.78, 5) is 6.19. The molecule has 7 rings (SSSR count). The average molecular weight is 421 g/mol. The molecule has 2 aromatic heterocycles. The molecule has 0 N–H and O–H groups in total. The molecular formula is C26H16N2S2. The SMILES string of the molecule is c1ccc2c(c1)nc1n2-c2cc(-c3cccc4c3sc3ccccc34)ccc2SC1. The summed E-state index contributed by atoms with van der Waals surface area (Å²) in [5, 5.41) is 2.68. The number of fused-ring (bicyclic) bond motifs is 8. The van der Waals surface area contributed by atoms with E-state index < -0.39 is 0 Å². The largest absolute Gasteiger partial charge is 0.294 e. The summed E-state index contributed by atoms with van der Waals surface area (Å²) in [6.45, 7) is 0. The van der Waals surface area contributed by atoms with Gasteiger partial charge >= 0.3 is 0 Å². The summed E-state index contributed by atoms with van der Waals surface area (Å²) in [6.07, 6.45) is 0. The maximum atomic E-state index is 4.88. The van der Waals surface area contributed by atoms with Gasteiger partial charge in [-0.15, -0.1) is 23.1 Å². The predicted molar refractivity (Wildman–Crippen MR) is 129 cm³/mol. The first-order valence-electron chi connectivity index (χ1n) is 10.0. The standard InChI is InChI=1S/C26H16N2S2/c1-4-11-23-18(6-1)19-8-5-7-17(26(19)30-23)16-12-13-24-22(14-16)28-21-10-3-2-9-20(21)27-25(28)15-29-24/h1-14H,15H2. The smallest absolute Gasteiger partial charge is 0.124 e. The van der Waals surface area contributed by atoms with Gasteiger partial charge < -0.3 is 0 Å². The predicted octanol–water partition coefficient (Wildman–Crippen LogP) is 7.67. The Labute approximate surface area is 181 Å². The monoisotopic (exact) mass is 420 g/mol. The van der Waals surface area contributed by atoms with Crippen molar-refractivity contribution in [3.63, 3.8) is 0 Å². The summed E-state index contributed by atoms with van der Waals surface area (Å²) in [5.74, 6) is 2.04. The number of hydrogen-bond acceptors (Lipinski definition) is 3. The highest BCUT2D eigenvalue weighted by Gasteiger charge is 2.21. The van der Waals surface area contributed by atoms with E-state index >= 15 is 0 Å². The number of aromatic nitrogens is 2. The van der Waals surface area contributed by atoms with Crippen molar-refractivity contribution in [1.82, 2.24) is 9.55 Å². The van der Waals surface area contributed by atoms with Crippen LogP contribution in [-0.2, 0) is 5.75 Å². The molecule has 1 aliphatic rings. The highest BCUT2D eigenvalue weighted by molar-refractivity contribution is 7.98. The van der Waals surface area contributed by atoms with E-state index in [0.29, 0.717) is 0 Å². The van der Waals surface area contributed by atoms with Crippen LogP contribution in [0, 0.1) is 0 Å². The Bertz CT molecular complexity index is 1610. The third-order valence-corrected chi connectivity index (χ3v) is 8.18. The van der Waals surface area contributed by atoms with Crippen molar-refractivity contribution in [2.45, 2.75) is 10.6 Å². The molecule has 0 spiro atoms. The molecule has 0 aliphatic carbocycles. The van der Waals surface area contributed by atoms with Gasteiger partial charge in [-0.25, -0.2) is 4.98 Å². The van der Waals surface area contributed by atoms with Gasteiger partial charge in [-0.3, -0.25) is 4.57 Å². The maximum Gasteiger partial charge on any atom is 0.124 e. The van der Waals surface area contributed by atoms with Gasteiger partial charge in [0.2, 0.25) is 0 Å². The van der Waals surface area contributed by atoms with Crippen LogP contribution in [0.25, 0.3) is 48.0 Å². The molecule has 1 aliphatic heterocycles. The molecule has 0 bridgehead atoms. The molecular weight excluding hydrogens is 404 g/mol. The van der Waals surface area contributed by atoms with Crippen LogP contribution in [-0.4, -0.2) is 9.55 Å². The van der Waals surface area contributed by atoms with Crippen LogP contribution in [0.3, 0.4) is 0 Å². The van der Waals surface area contributed by atoms with Crippen LogP contribution >= 0.6 is 23.1 Å². The van der Waals surface area contributed by atoms with Crippen molar-refractivity contribution in [2.24, 2.45) is 0 Å². The number of imidazole rings is 1. The van der Waals surface area contributed by atoms with Crippen LogP contribution in [0.2, 0.25) is 0 Å². The molecule has 4 aromatic carbocycles. The van der Waals surface area contributed by atoms with Gasteiger partial charge in [-0.2, -0.15) is 0 Å². The third-order valence-electron chi connectivity index (χ3n) is 5.90. The number of rotatable bonds is 1. The number of nitrogens with zero attached hydrogens (tertiary/aromatic N) is 2. The lowest BCUT2D eigenvalue weighted by Crippen LogP contribution is -2.06. The molecule has 4 heteroatoms. The summed E-state index contributed by atoms with van der Waals surface area (Å²) in [5.41, 5.74) is 6.06. The lowest BCUT2D eigenvalue weighted by molar-refractivity contribution is 0.946. The zero-order valence-electron chi connectivity index (χ0n) is 16.0. The summed E-state index contributed by atoms with van der Waals surface area (Å²) in [6, 6.07) is 30.7. The molecule has 6 aromatic rings. The fourth-order valence-electron chi connectivity index (χ4n) is 4.54. The van der Waals surface area contributed by atoms with E-state index in [2.05, 4.69) is 89.5 Å². The molecule has 0 radical (unpaired) electrons. The zero-order chi connectivity index (χ0) is 19.7. The number of benzene rings is 4. The molecule has 142 valence electrons. The Hall–Kier alpha value is -3.08.